The molecule has 0 saturated heterocycles. The normalized spacial score (nSPS) is 10.4. The van der Waals surface area contributed by atoms with Gasteiger partial charge in [-0.2, -0.15) is 0 Å². The summed E-state index contributed by atoms with van der Waals surface area (Å²) in [5.41, 5.74) is 0. The standard InChI is InChI=1S/C9H22NO/c1-2-3-4-5-6-7-8-9-11-10/h2-9H2,1,10H3/q+1. The van der Waals surface area contributed by atoms with Crippen molar-refractivity contribution in [3.05, 3.63) is 0 Å². The van der Waals surface area contributed by atoms with Crippen LogP contribution in [-0.4, -0.2) is 6.61 Å². The number of rotatable bonds is 8. The summed E-state index contributed by atoms with van der Waals surface area (Å²) in [6.07, 6.45) is 9.37. The summed E-state index contributed by atoms with van der Waals surface area (Å²) in [5, 5.41) is 0. The molecule has 0 spiro atoms. The molecule has 0 heterocycles. The van der Waals surface area contributed by atoms with E-state index in [-0.39, 0.29) is 0 Å². The van der Waals surface area contributed by atoms with Gasteiger partial charge in [-0.05, 0) is 6.42 Å². The van der Waals surface area contributed by atoms with Crippen molar-refractivity contribution in [1.82, 2.24) is 0 Å². The Morgan fingerprint density at radius 1 is 0.909 bits per heavy atom. The van der Waals surface area contributed by atoms with Crippen LogP contribution in [0.1, 0.15) is 51.9 Å². The van der Waals surface area contributed by atoms with E-state index in [0.717, 1.165) is 6.61 Å². The highest BCUT2D eigenvalue weighted by atomic mass is 16.6. The SMILES string of the molecule is CCCCCCCCCO[NH3+]. The van der Waals surface area contributed by atoms with E-state index >= 15 is 0 Å². The zero-order valence-corrected chi connectivity index (χ0v) is 7.77. The minimum atomic E-state index is 0.827. The minimum absolute atomic E-state index is 0.827. The monoisotopic (exact) mass is 160 g/mol. The Kier molecular flexibility index (Phi) is 9.85. The summed E-state index contributed by atoms with van der Waals surface area (Å²) < 4.78 is 0. The predicted molar refractivity (Wildman–Crippen MR) is 46.8 cm³/mol. The van der Waals surface area contributed by atoms with Crippen LogP contribution in [0.15, 0.2) is 0 Å². The third kappa shape index (κ3) is 9.92. The molecule has 0 fully saturated rings. The number of unbranched alkanes of at least 4 members (excludes halogenated alkanes) is 6. The van der Waals surface area contributed by atoms with E-state index in [0.29, 0.717) is 0 Å². The molecule has 0 aliphatic heterocycles. The molecule has 68 valence electrons. The van der Waals surface area contributed by atoms with E-state index in [1.165, 1.54) is 44.9 Å². The maximum atomic E-state index is 4.72. The summed E-state index contributed by atoms with van der Waals surface area (Å²) in [5.74, 6) is 3.33. The fourth-order valence-corrected chi connectivity index (χ4v) is 1.16. The molecular formula is C9H22NO+. The van der Waals surface area contributed by atoms with Crippen LogP contribution in [-0.2, 0) is 4.84 Å². The second kappa shape index (κ2) is 9.92. The summed E-state index contributed by atoms with van der Waals surface area (Å²) in [7, 11) is 0. The third-order valence-electron chi connectivity index (χ3n) is 1.89. The van der Waals surface area contributed by atoms with Gasteiger partial charge in [-0.3, -0.25) is 0 Å². The molecule has 2 nitrogen and oxygen atoms in total. The molecule has 0 bridgehead atoms. The van der Waals surface area contributed by atoms with E-state index in [1.54, 1.807) is 0 Å². The van der Waals surface area contributed by atoms with Crippen LogP contribution in [0.25, 0.3) is 0 Å². The molecule has 11 heavy (non-hydrogen) atoms. The van der Waals surface area contributed by atoms with Gasteiger partial charge in [0.05, 0.1) is 0 Å². The van der Waals surface area contributed by atoms with Gasteiger partial charge in [-0.1, -0.05) is 45.4 Å². The molecule has 0 aromatic rings. The molecule has 0 aromatic heterocycles. The Hall–Kier alpha value is -0.0800. The average Bonchev–Trinajstić information content (AvgIpc) is 2.03. The largest absolute Gasteiger partial charge is 0.213 e. The first kappa shape index (κ1) is 10.9. The maximum absolute atomic E-state index is 4.72. The molecule has 0 atom stereocenters. The Morgan fingerprint density at radius 3 is 2.00 bits per heavy atom. The van der Waals surface area contributed by atoms with Crippen molar-refractivity contribution in [3.8, 4) is 0 Å². The van der Waals surface area contributed by atoms with Crippen LogP contribution in [0.5, 0.6) is 0 Å². The lowest BCUT2D eigenvalue weighted by molar-refractivity contribution is -0.689. The van der Waals surface area contributed by atoms with Crippen LogP contribution < -0.4 is 5.90 Å². The highest BCUT2D eigenvalue weighted by Gasteiger charge is 1.90. The second-order valence-electron chi connectivity index (χ2n) is 3.03. The van der Waals surface area contributed by atoms with Crippen molar-refractivity contribution >= 4 is 0 Å². The molecule has 0 radical (unpaired) electrons. The highest BCUT2D eigenvalue weighted by molar-refractivity contribution is 4.43. The van der Waals surface area contributed by atoms with Crippen molar-refractivity contribution in [2.75, 3.05) is 6.61 Å². The number of hydrogen-bond acceptors (Lipinski definition) is 1. The van der Waals surface area contributed by atoms with Crippen molar-refractivity contribution < 1.29 is 10.7 Å². The van der Waals surface area contributed by atoms with Crippen LogP contribution in [0.4, 0.5) is 0 Å². The Bertz CT molecular complexity index is 58.6. The van der Waals surface area contributed by atoms with Gasteiger partial charge in [0.25, 0.3) is 0 Å². The van der Waals surface area contributed by atoms with Crippen LogP contribution in [0, 0.1) is 0 Å². The molecule has 0 amide bonds. The summed E-state index contributed by atoms with van der Waals surface area (Å²) in [6.45, 7) is 3.07. The average molecular weight is 160 g/mol. The third-order valence-corrected chi connectivity index (χ3v) is 1.89. The van der Waals surface area contributed by atoms with Gasteiger partial charge < -0.3 is 0 Å². The van der Waals surface area contributed by atoms with Crippen molar-refractivity contribution in [1.29, 1.82) is 0 Å². The Balaban J connectivity index is 2.69. The van der Waals surface area contributed by atoms with Crippen molar-refractivity contribution in [3.63, 3.8) is 0 Å². The molecule has 3 N–H and O–H groups in total. The van der Waals surface area contributed by atoms with E-state index in [9.17, 15) is 0 Å². The lowest BCUT2D eigenvalue weighted by Gasteiger charge is -1.98. The van der Waals surface area contributed by atoms with Gasteiger partial charge in [0.2, 0.25) is 0 Å². The van der Waals surface area contributed by atoms with Crippen LogP contribution in [0.3, 0.4) is 0 Å². The lowest BCUT2D eigenvalue weighted by Crippen LogP contribution is -2.49. The smallest absolute Gasteiger partial charge is 0.106 e. The Morgan fingerprint density at radius 2 is 1.45 bits per heavy atom. The quantitative estimate of drug-likeness (QED) is 0.427. The number of hydrogen-bond donors (Lipinski definition) is 1. The van der Waals surface area contributed by atoms with Crippen molar-refractivity contribution in [2.45, 2.75) is 51.9 Å². The first-order valence-electron chi connectivity index (χ1n) is 4.78. The minimum Gasteiger partial charge on any atom is -0.213 e. The lowest BCUT2D eigenvalue weighted by atomic mass is 10.1. The fraction of sp³-hybridized carbons (Fsp3) is 1.00. The van der Waals surface area contributed by atoms with E-state index < -0.39 is 0 Å². The van der Waals surface area contributed by atoms with Gasteiger partial charge in [0, 0.05) is 0 Å². The molecule has 0 rings (SSSR count). The first-order valence-corrected chi connectivity index (χ1v) is 4.78. The van der Waals surface area contributed by atoms with Gasteiger partial charge in [-0.25, -0.2) is 10.7 Å². The molecule has 0 aromatic carbocycles. The molecule has 0 aliphatic carbocycles. The van der Waals surface area contributed by atoms with Gasteiger partial charge in [-0.15, -0.1) is 0 Å². The summed E-state index contributed by atoms with van der Waals surface area (Å²) in [4.78, 5) is 4.72. The zero-order chi connectivity index (χ0) is 8.36. The van der Waals surface area contributed by atoms with E-state index in [4.69, 9.17) is 4.84 Å². The molecule has 0 unspecified atom stereocenters. The molecule has 0 saturated carbocycles. The van der Waals surface area contributed by atoms with Gasteiger partial charge in [0.1, 0.15) is 6.61 Å². The zero-order valence-electron chi connectivity index (χ0n) is 7.77. The van der Waals surface area contributed by atoms with Gasteiger partial charge >= 0.3 is 0 Å². The maximum Gasteiger partial charge on any atom is 0.106 e. The van der Waals surface area contributed by atoms with Crippen molar-refractivity contribution in [2.24, 2.45) is 0 Å². The number of quaternary nitrogens is 1. The molecular weight excluding hydrogens is 138 g/mol. The topological polar surface area (TPSA) is 36.9 Å². The van der Waals surface area contributed by atoms with E-state index in [2.05, 4.69) is 12.8 Å². The van der Waals surface area contributed by atoms with Crippen LogP contribution >= 0.6 is 0 Å². The van der Waals surface area contributed by atoms with E-state index in [1.807, 2.05) is 0 Å². The van der Waals surface area contributed by atoms with Gasteiger partial charge in [0.15, 0.2) is 0 Å². The van der Waals surface area contributed by atoms with Crippen LogP contribution in [0.2, 0.25) is 0 Å². The summed E-state index contributed by atoms with van der Waals surface area (Å²) in [6, 6.07) is 0. The molecule has 0 aliphatic rings. The predicted octanol–water partition coefficient (Wildman–Crippen LogP) is 1.91. The molecule has 2 heteroatoms. The highest BCUT2D eigenvalue weighted by Crippen LogP contribution is 2.06. The summed E-state index contributed by atoms with van der Waals surface area (Å²) >= 11 is 0. The Labute approximate surface area is 70.1 Å². The second-order valence-corrected chi connectivity index (χ2v) is 3.03. The first-order chi connectivity index (χ1) is 5.41. The fourth-order valence-electron chi connectivity index (χ4n) is 1.16.